The number of hydrogen-bond donors (Lipinski definition) is 1. The first-order valence-electron chi connectivity index (χ1n) is 10.8. The fraction of sp³-hybridized carbons (Fsp3) is 0.231. The number of aromatic nitrogens is 3. The van der Waals surface area contributed by atoms with E-state index in [0.29, 0.717) is 17.9 Å². The van der Waals surface area contributed by atoms with Crippen molar-refractivity contribution in [1.82, 2.24) is 20.4 Å². The number of hydrogen-bond acceptors (Lipinski definition) is 5. The summed E-state index contributed by atoms with van der Waals surface area (Å²) in [5.74, 6) is 0.930. The third kappa shape index (κ3) is 5.31. The Kier molecular flexibility index (Phi) is 6.58. The SMILES string of the molecule is Cc1cc(-c2cnc(C(C)C)nc2-c2ccc(CNC(=O)Cc3ccccc3F)cc2)on1. The van der Waals surface area contributed by atoms with Crippen molar-refractivity contribution in [2.45, 2.75) is 39.7 Å². The summed E-state index contributed by atoms with van der Waals surface area (Å²) >= 11 is 0. The Hall–Kier alpha value is -3.87. The minimum atomic E-state index is -0.375. The summed E-state index contributed by atoms with van der Waals surface area (Å²) in [5.41, 5.74) is 4.53. The van der Waals surface area contributed by atoms with E-state index in [2.05, 4.69) is 15.5 Å². The maximum Gasteiger partial charge on any atom is 0.224 e. The number of carbonyl (C=O) groups excluding carboxylic acids is 1. The van der Waals surface area contributed by atoms with E-state index in [0.717, 1.165) is 33.9 Å². The summed E-state index contributed by atoms with van der Waals surface area (Å²) in [6, 6.07) is 15.9. The Morgan fingerprint density at radius 2 is 1.88 bits per heavy atom. The quantitative estimate of drug-likeness (QED) is 0.422. The molecule has 0 saturated heterocycles. The molecule has 2 heterocycles. The molecule has 0 aliphatic carbocycles. The van der Waals surface area contributed by atoms with Crippen LogP contribution < -0.4 is 5.32 Å². The minimum Gasteiger partial charge on any atom is -0.356 e. The van der Waals surface area contributed by atoms with Gasteiger partial charge in [-0.15, -0.1) is 0 Å². The van der Waals surface area contributed by atoms with Gasteiger partial charge in [-0.1, -0.05) is 61.5 Å². The van der Waals surface area contributed by atoms with E-state index in [4.69, 9.17) is 9.51 Å². The molecule has 6 nitrogen and oxygen atoms in total. The largest absolute Gasteiger partial charge is 0.356 e. The molecule has 7 heteroatoms. The Bertz CT molecular complexity index is 1270. The molecule has 2 aromatic heterocycles. The molecule has 4 rings (SSSR count). The predicted octanol–water partition coefficient (Wildman–Crippen LogP) is 5.23. The maximum atomic E-state index is 13.8. The number of amides is 1. The number of nitrogens with one attached hydrogen (secondary N) is 1. The zero-order valence-electron chi connectivity index (χ0n) is 18.8. The lowest BCUT2D eigenvalue weighted by atomic mass is 10.0. The molecule has 0 unspecified atom stereocenters. The van der Waals surface area contributed by atoms with Gasteiger partial charge in [-0.05, 0) is 24.1 Å². The molecule has 0 aliphatic rings. The third-order valence-electron chi connectivity index (χ3n) is 5.24. The Balaban J connectivity index is 1.51. The molecule has 0 bridgehead atoms. The monoisotopic (exact) mass is 444 g/mol. The molecule has 0 saturated carbocycles. The Morgan fingerprint density at radius 1 is 1.12 bits per heavy atom. The second kappa shape index (κ2) is 9.73. The molecular formula is C26H25FN4O2. The molecule has 2 aromatic carbocycles. The molecule has 1 amide bonds. The van der Waals surface area contributed by atoms with Crippen molar-refractivity contribution in [3.05, 3.63) is 89.3 Å². The highest BCUT2D eigenvalue weighted by atomic mass is 19.1. The number of carbonyl (C=O) groups is 1. The normalized spacial score (nSPS) is 11.1. The summed E-state index contributed by atoms with van der Waals surface area (Å²) in [6.07, 6.45) is 1.78. The van der Waals surface area contributed by atoms with Gasteiger partial charge in [0.1, 0.15) is 11.6 Å². The van der Waals surface area contributed by atoms with Crippen LogP contribution in [-0.2, 0) is 17.8 Å². The summed E-state index contributed by atoms with van der Waals surface area (Å²) < 4.78 is 19.2. The first kappa shape index (κ1) is 22.3. The van der Waals surface area contributed by atoms with Crippen LogP contribution in [-0.4, -0.2) is 21.0 Å². The topological polar surface area (TPSA) is 80.9 Å². The second-order valence-corrected chi connectivity index (χ2v) is 8.22. The summed E-state index contributed by atoms with van der Waals surface area (Å²) in [5, 5.41) is 6.82. The van der Waals surface area contributed by atoms with Gasteiger partial charge in [-0.3, -0.25) is 4.79 Å². The van der Waals surface area contributed by atoms with Gasteiger partial charge >= 0.3 is 0 Å². The van der Waals surface area contributed by atoms with Crippen LogP contribution in [0.4, 0.5) is 4.39 Å². The van der Waals surface area contributed by atoms with E-state index >= 15 is 0 Å². The lowest BCUT2D eigenvalue weighted by Gasteiger charge is -2.11. The van der Waals surface area contributed by atoms with Gasteiger partial charge in [0, 0.05) is 30.3 Å². The minimum absolute atomic E-state index is 0.00360. The number of nitrogens with zero attached hydrogens (tertiary/aromatic N) is 3. The van der Waals surface area contributed by atoms with Crippen LogP contribution in [0.25, 0.3) is 22.6 Å². The number of halogens is 1. The van der Waals surface area contributed by atoms with Crippen molar-refractivity contribution in [1.29, 1.82) is 0 Å². The van der Waals surface area contributed by atoms with Gasteiger partial charge < -0.3 is 9.84 Å². The van der Waals surface area contributed by atoms with Crippen LogP contribution in [0.3, 0.4) is 0 Å². The van der Waals surface area contributed by atoms with Gasteiger partial charge in [0.25, 0.3) is 0 Å². The van der Waals surface area contributed by atoms with Gasteiger partial charge in [-0.25, -0.2) is 14.4 Å². The molecule has 0 radical (unpaired) electrons. The van der Waals surface area contributed by atoms with E-state index < -0.39 is 0 Å². The van der Waals surface area contributed by atoms with Crippen molar-refractivity contribution in [3.63, 3.8) is 0 Å². The summed E-state index contributed by atoms with van der Waals surface area (Å²) in [4.78, 5) is 21.5. The second-order valence-electron chi connectivity index (χ2n) is 8.22. The third-order valence-corrected chi connectivity index (χ3v) is 5.24. The average Bonchev–Trinajstić information content (AvgIpc) is 3.25. The Labute approximate surface area is 191 Å². The van der Waals surface area contributed by atoms with Crippen LogP contribution in [0, 0.1) is 12.7 Å². The molecule has 0 fully saturated rings. The molecule has 0 spiro atoms. The number of aryl methyl sites for hydroxylation is 1. The fourth-order valence-corrected chi connectivity index (χ4v) is 3.42. The molecule has 1 N–H and O–H groups in total. The van der Waals surface area contributed by atoms with Gasteiger partial charge in [-0.2, -0.15) is 0 Å². The molecule has 0 aliphatic heterocycles. The van der Waals surface area contributed by atoms with Gasteiger partial charge in [0.15, 0.2) is 5.76 Å². The average molecular weight is 445 g/mol. The standard InChI is InChI=1S/C26H25FN4O2/c1-16(2)26-29-15-21(23-12-17(3)31-33-23)25(30-26)19-10-8-18(9-11-19)14-28-24(32)13-20-6-4-5-7-22(20)27/h4-12,15-16H,13-14H2,1-3H3,(H,28,32). The van der Waals surface area contributed by atoms with E-state index in [9.17, 15) is 9.18 Å². The molecule has 168 valence electrons. The van der Waals surface area contributed by atoms with Crippen LogP contribution in [0.5, 0.6) is 0 Å². The van der Waals surface area contributed by atoms with Crippen molar-refractivity contribution >= 4 is 5.91 Å². The highest BCUT2D eigenvalue weighted by molar-refractivity contribution is 5.79. The van der Waals surface area contributed by atoms with E-state index in [1.165, 1.54) is 6.07 Å². The van der Waals surface area contributed by atoms with E-state index in [1.54, 1.807) is 24.4 Å². The van der Waals surface area contributed by atoms with Gasteiger partial charge in [0.05, 0.1) is 23.4 Å². The fourth-order valence-electron chi connectivity index (χ4n) is 3.42. The van der Waals surface area contributed by atoms with Crippen LogP contribution in [0.1, 0.15) is 42.4 Å². The first-order valence-corrected chi connectivity index (χ1v) is 10.8. The zero-order chi connectivity index (χ0) is 23.4. The Morgan fingerprint density at radius 3 is 2.55 bits per heavy atom. The molecule has 4 aromatic rings. The van der Waals surface area contributed by atoms with Crippen molar-refractivity contribution in [2.24, 2.45) is 0 Å². The highest BCUT2D eigenvalue weighted by Crippen LogP contribution is 2.31. The summed E-state index contributed by atoms with van der Waals surface area (Å²) in [6.45, 7) is 6.31. The zero-order valence-corrected chi connectivity index (χ0v) is 18.8. The summed E-state index contributed by atoms with van der Waals surface area (Å²) in [7, 11) is 0. The molecule has 33 heavy (non-hydrogen) atoms. The van der Waals surface area contributed by atoms with Crippen LogP contribution >= 0.6 is 0 Å². The predicted molar refractivity (Wildman–Crippen MR) is 124 cm³/mol. The maximum absolute atomic E-state index is 13.8. The van der Waals surface area contributed by atoms with Crippen molar-refractivity contribution in [2.75, 3.05) is 0 Å². The lowest BCUT2D eigenvalue weighted by Crippen LogP contribution is -2.24. The first-order chi connectivity index (χ1) is 15.9. The number of benzene rings is 2. The van der Waals surface area contributed by atoms with Gasteiger partial charge in [0.2, 0.25) is 5.91 Å². The van der Waals surface area contributed by atoms with Crippen LogP contribution in [0.2, 0.25) is 0 Å². The van der Waals surface area contributed by atoms with Crippen molar-refractivity contribution < 1.29 is 13.7 Å². The number of rotatable bonds is 7. The van der Waals surface area contributed by atoms with E-state index in [-0.39, 0.29) is 24.1 Å². The molecular weight excluding hydrogens is 419 g/mol. The lowest BCUT2D eigenvalue weighted by molar-refractivity contribution is -0.120. The van der Waals surface area contributed by atoms with Crippen LogP contribution in [0.15, 0.2) is 65.3 Å². The molecule has 0 atom stereocenters. The highest BCUT2D eigenvalue weighted by Gasteiger charge is 2.16. The smallest absolute Gasteiger partial charge is 0.224 e. The van der Waals surface area contributed by atoms with E-state index in [1.807, 2.05) is 51.1 Å². The van der Waals surface area contributed by atoms with Crippen molar-refractivity contribution in [3.8, 4) is 22.6 Å².